The lowest BCUT2D eigenvalue weighted by molar-refractivity contribution is 0.582. The fourth-order valence-corrected chi connectivity index (χ4v) is 2.60. The quantitative estimate of drug-likeness (QED) is 0.605. The molecule has 0 aliphatic rings. The van der Waals surface area contributed by atoms with Gasteiger partial charge in [0, 0.05) is 35.1 Å². The second kappa shape index (κ2) is 11.2. The normalized spacial score (nSPS) is 9.96. The Balaban J connectivity index is 0.000000791. The molecule has 0 radical (unpaired) electrons. The summed E-state index contributed by atoms with van der Waals surface area (Å²) in [7, 11) is 0. The van der Waals surface area contributed by atoms with E-state index in [-0.39, 0.29) is 5.43 Å². The lowest BCUT2D eigenvalue weighted by Gasteiger charge is -2.08. The number of aryl methyl sites for hydroxylation is 1. The molecule has 0 amide bonds. The van der Waals surface area contributed by atoms with E-state index in [0.29, 0.717) is 5.92 Å². The molecule has 0 fully saturated rings. The first-order valence-electron chi connectivity index (χ1n) is 9.70. The minimum absolute atomic E-state index is 0.0865. The third kappa shape index (κ3) is 5.83. The molecule has 0 spiro atoms. The predicted octanol–water partition coefficient (Wildman–Crippen LogP) is 6.23. The smallest absolute Gasteiger partial charge is 0.189 e. The molecule has 3 aromatic rings. The third-order valence-electron chi connectivity index (χ3n) is 3.89. The average molecular weight is 353 g/mol. The zero-order chi connectivity index (χ0) is 19.5. The average Bonchev–Trinajstić information content (AvgIpc) is 2.70. The lowest BCUT2D eigenvalue weighted by atomic mass is 10.0. The van der Waals surface area contributed by atoms with Gasteiger partial charge < -0.3 is 4.98 Å². The van der Waals surface area contributed by atoms with E-state index >= 15 is 0 Å². The summed E-state index contributed by atoms with van der Waals surface area (Å²) in [5, 5.41) is 0.739. The van der Waals surface area contributed by atoms with E-state index < -0.39 is 0 Å². The first kappa shape index (κ1) is 21.6. The highest BCUT2D eigenvalue weighted by molar-refractivity contribution is 5.84. The molecule has 1 aromatic carbocycles. The summed E-state index contributed by atoms with van der Waals surface area (Å²) in [6, 6.07) is 11.6. The molecule has 2 heterocycles. The van der Waals surface area contributed by atoms with Crippen molar-refractivity contribution in [2.24, 2.45) is 5.92 Å². The van der Waals surface area contributed by atoms with Gasteiger partial charge in [-0.1, -0.05) is 47.6 Å². The van der Waals surface area contributed by atoms with E-state index in [0.717, 1.165) is 40.6 Å². The van der Waals surface area contributed by atoms with Gasteiger partial charge in [0.2, 0.25) is 0 Å². The lowest BCUT2D eigenvalue weighted by Crippen LogP contribution is -2.06. The van der Waals surface area contributed by atoms with Gasteiger partial charge >= 0.3 is 0 Å². The summed E-state index contributed by atoms with van der Waals surface area (Å²) in [6.07, 6.45) is 5.52. The number of nitrogens with one attached hydrogen (secondary N) is 1. The minimum atomic E-state index is 0.0865. The second-order valence-electron chi connectivity index (χ2n) is 6.09. The molecule has 0 unspecified atom stereocenters. The van der Waals surface area contributed by atoms with Gasteiger partial charge in [-0.25, -0.2) is 0 Å². The predicted molar refractivity (Wildman–Crippen MR) is 114 cm³/mol. The Hall–Kier alpha value is -2.42. The number of aromatic nitrogens is 2. The molecule has 0 atom stereocenters. The molecule has 3 heteroatoms. The van der Waals surface area contributed by atoms with E-state index in [2.05, 4.69) is 23.8 Å². The zero-order valence-electron chi connectivity index (χ0n) is 17.0. The van der Waals surface area contributed by atoms with Gasteiger partial charge in [-0.2, -0.15) is 0 Å². The maximum Gasteiger partial charge on any atom is 0.189 e. The number of nitrogens with zero attached hydrogens (tertiary/aromatic N) is 1. The number of rotatable bonds is 4. The Bertz CT molecular complexity index is 836. The van der Waals surface area contributed by atoms with Crippen molar-refractivity contribution in [3.63, 3.8) is 0 Å². The number of hydrogen-bond donors (Lipinski definition) is 1. The van der Waals surface area contributed by atoms with Crippen LogP contribution in [-0.4, -0.2) is 9.97 Å². The second-order valence-corrected chi connectivity index (χ2v) is 6.09. The number of hydrogen-bond acceptors (Lipinski definition) is 2. The van der Waals surface area contributed by atoms with Gasteiger partial charge in [0.1, 0.15) is 0 Å². The van der Waals surface area contributed by atoms with Gasteiger partial charge in [0.05, 0.1) is 0 Å². The molecule has 140 valence electrons. The number of benzene rings is 1. The van der Waals surface area contributed by atoms with Crippen LogP contribution < -0.4 is 5.43 Å². The monoisotopic (exact) mass is 352 g/mol. The fraction of sp³-hybridized carbons (Fsp3) is 0.391. The Labute approximate surface area is 157 Å². The summed E-state index contributed by atoms with van der Waals surface area (Å²) < 4.78 is 0. The summed E-state index contributed by atoms with van der Waals surface area (Å²) in [5.74, 6) is 0.633. The number of H-pyrrole nitrogens is 1. The van der Waals surface area contributed by atoms with Gasteiger partial charge in [0.15, 0.2) is 5.43 Å². The molecule has 0 saturated carbocycles. The fourth-order valence-electron chi connectivity index (χ4n) is 2.60. The molecule has 0 saturated heterocycles. The van der Waals surface area contributed by atoms with E-state index in [1.807, 2.05) is 58.0 Å². The molecule has 26 heavy (non-hydrogen) atoms. The van der Waals surface area contributed by atoms with Gasteiger partial charge in [-0.15, -0.1) is 0 Å². The Morgan fingerprint density at radius 1 is 0.923 bits per heavy atom. The summed E-state index contributed by atoms with van der Waals surface area (Å²) in [5.41, 5.74) is 4.12. The van der Waals surface area contributed by atoms with Crippen LogP contribution in [0.25, 0.3) is 22.0 Å². The third-order valence-corrected chi connectivity index (χ3v) is 3.89. The van der Waals surface area contributed by atoms with Crippen molar-refractivity contribution in [3.05, 3.63) is 64.7 Å². The van der Waals surface area contributed by atoms with Crippen molar-refractivity contribution in [3.8, 4) is 11.1 Å². The molecular formula is C23H32N2O. The highest BCUT2D eigenvalue weighted by Crippen LogP contribution is 2.22. The topological polar surface area (TPSA) is 45.8 Å². The Morgan fingerprint density at radius 3 is 2.19 bits per heavy atom. The molecule has 0 bridgehead atoms. The number of fused-ring (bicyclic) bond motifs is 1. The summed E-state index contributed by atoms with van der Waals surface area (Å²) >= 11 is 0. The SMILES string of the molecule is CC.CC.CC(C)CCc1cc(=O)c2cc(-c3ccncc3)ccc2[nH]1. The summed E-state index contributed by atoms with van der Waals surface area (Å²) in [6.45, 7) is 12.4. The molecular weight excluding hydrogens is 320 g/mol. The van der Waals surface area contributed by atoms with Gasteiger partial charge in [-0.05, 0) is 54.2 Å². The minimum Gasteiger partial charge on any atom is -0.358 e. The van der Waals surface area contributed by atoms with Crippen LogP contribution in [0.1, 0.15) is 53.7 Å². The van der Waals surface area contributed by atoms with E-state index in [9.17, 15) is 4.79 Å². The van der Waals surface area contributed by atoms with Crippen LogP contribution in [0.15, 0.2) is 53.6 Å². The highest BCUT2D eigenvalue weighted by atomic mass is 16.1. The van der Waals surface area contributed by atoms with Crippen molar-refractivity contribution < 1.29 is 0 Å². The van der Waals surface area contributed by atoms with Crippen LogP contribution in [0.4, 0.5) is 0 Å². The first-order valence-corrected chi connectivity index (χ1v) is 9.70. The maximum atomic E-state index is 12.4. The molecule has 3 rings (SSSR count). The highest BCUT2D eigenvalue weighted by Gasteiger charge is 2.06. The molecule has 3 nitrogen and oxygen atoms in total. The van der Waals surface area contributed by atoms with E-state index in [1.165, 1.54) is 0 Å². The van der Waals surface area contributed by atoms with Crippen LogP contribution in [0, 0.1) is 5.92 Å². The molecule has 0 aliphatic heterocycles. The largest absolute Gasteiger partial charge is 0.358 e. The van der Waals surface area contributed by atoms with Crippen molar-refractivity contribution >= 4 is 10.9 Å². The van der Waals surface area contributed by atoms with Crippen LogP contribution in [0.3, 0.4) is 0 Å². The number of aromatic amines is 1. The van der Waals surface area contributed by atoms with Gasteiger partial charge in [-0.3, -0.25) is 9.78 Å². The van der Waals surface area contributed by atoms with Crippen LogP contribution in [0.2, 0.25) is 0 Å². The van der Waals surface area contributed by atoms with E-state index in [1.54, 1.807) is 18.5 Å². The van der Waals surface area contributed by atoms with Crippen LogP contribution in [0.5, 0.6) is 0 Å². The Kier molecular flexibility index (Phi) is 9.35. The Morgan fingerprint density at radius 2 is 1.58 bits per heavy atom. The van der Waals surface area contributed by atoms with Gasteiger partial charge in [0.25, 0.3) is 0 Å². The number of pyridine rings is 2. The van der Waals surface area contributed by atoms with Crippen molar-refractivity contribution in [2.75, 3.05) is 0 Å². The van der Waals surface area contributed by atoms with Crippen molar-refractivity contribution in [1.82, 2.24) is 9.97 Å². The maximum absolute atomic E-state index is 12.4. The summed E-state index contributed by atoms with van der Waals surface area (Å²) in [4.78, 5) is 19.8. The standard InChI is InChI=1S/C19H20N2O.2C2H6/c1-13(2)3-5-16-12-19(22)17-11-15(4-6-18(17)21-16)14-7-9-20-10-8-14;2*1-2/h4,6-13H,3,5H2,1-2H3,(H,21,22);2*1-2H3. The molecule has 2 aromatic heterocycles. The van der Waals surface area contributed by atoms with Crippen LogP contribution in [-0.2, 0) is 6.42 Å². The van der Waals surface area contributed by atoms with Crippen LogP contribution >= 0.6 is 0 Å². The molecule has 1 N–H and O–H groups in total. The molecule has 0 aliphatic carbocycles. The zero-order valence-corrected chi connectivity index (χ0v) is 17.0. The van der Waals surface area contributed by atoms with Crippen molar-refractivity contribution in [2.45, 2.75) is 54.4 Å². The first-order chi connectivity index (χ1) is 12.6. The van der Waals surface area contributed by atoms with E-state index in [4.69, 9.17) is 0 Å². The van der Waals surface area contributed by atoms with Crippen molar-refractivity contribution in [1.29, 1.82) is 0 Å².